The van der Waals surface area contributed by atoms with Crippen molar-refractivity contribution in [3.8, 4) is 0 Å². The van der Waals surface area contributed by atoms with Gasteiger partial charge in [0, 0.05) is 30.4 Å². The van der Waals surface area contributed by atoms with Gasteiger partial charge < -0.3 is 15.1 Å². The van der Waals surface area contributed by atoms with Crippen LogP contribution in [0, 0.1) is 0 Å². The third-order valence-corrected chi connectivity index (χ3v) is 5.56. The molecule has 0 heterocycles. The van der Waals surface area contributed by atoms with E-state index in [2.05, 4.69) is 28.4 Å². The van der Waals surface area contributed by atoms with Gasteiger partial charge in [-0.3, -0.25) is 4.79 Å². The first kappa shape index (κ1) is 30.4. The van der Waals surface area contributed by atoms with Crippen LogP contribution in [0.15, 0.2) is 72.9 Å². The van der Waals surface area contributed by atoms with Gasteiger partial charge in [-0.05, 0) is 12.8 Å². The van der Waals surface area contributed by atoms with E-state index in [4.69, 9.17) is 9.79 Å². The summed E-state index contributed by atoms with van der Waals surface area (Å²) < 4.78 is 14.7. The first-order valence-electron chi connectivity index (χ1n) is 11.1. The van der Waals surface area contributed by atoms with E-state index in [1.807, 2.05) is 42.5 Å². The zero-order valence-corrected chi connectivity index (χ0v) is 20.7. The van der Waals surface area contributed by atoms with Crippen molar-refractivity contribution in [1.29, 1.82) is 0 Å². The number of allylic oxidation sites excluding steroid dienone is 11. The molecule has 0 aromatic rings. The van der Waals surface area contributed by atoms with Crippen molar-refractivity contribution < 1.29 is 23.1 Å². The van der Waals surface area contributed by atoms with Gasteiger partial charge in [0.25, 0.3) is 0 Å². The Morgan fingerprint density at radius 2 is 1.38 bits per heavy atom. The largest absolute Gasteiger partial charge is 0.480 e. The van der Waals surface area contributed by atoms with Gasteiger partial charge in [0.05, 0.1) is 0 Å². The van der Waals surface area contributed by atoms with Crippen molar-refractivity contribution in [1.82, 2.24) is 5.32 Å². The van der Waals surface area contributed by atoms with Crippen LogP contribution in [0.25, 0.3) is 0 Å². The van der Waals surface area contributed by atoms with E-state index < -0.39 is 7.82 Å². The van der Waals surface area contributed by atoms with Gasteiger partial charge >= 0.3 is 7.82 Å². The summed E-state index contributed by atoms with van der Waals surface area (Å²) in [5.41, 5.74) is 0. The van der Waals surface area contributed by atoms with Crippen LogP contribution in [0.1, 0.15) is 58.3 Å². The van der Waals surface area contributed by atoms with Gasteiger partial charge in [0.1, 0.15) is 0 Å². The van der Waals surface area contributed by atoms with E-state index in [9.17, 15) is 9.36 Å². The second kappa shape index (κ2) is 22.6. The molecule has 0 aliphatic carbocycles. The lowest BCUT2D eigenvalue weighted by atomic mass is 10.1. The fourth-order valence-electron chi connectivity index (χ4n) is 2.43. The number of hydrogen-bond donors (Lipinski definition) is 3. The molecule has 0 aromatic carbocycles. The van der Waals surface area contributed by atoms with Gasteiger partial charge in [-0.1, -0.05) is 112 Å². The number of nitrogens with one attached hydrogen (secondary N) is 1. The van der Waals surface area contributed by atoms with E-state index in [1.54, 1.807) is 12.2 Å². The summed E-state index contributed by atoms with van der Waals surface area (Å²) in [5, 5.41) is 2.57. The van der Waals surface area contributed by atoms with E-state index in [0.29, 0.717) is 12.0 Å². The van der Waals surface area contributed by atoms with Crippen molar-refractivity contribution in [2.75, 3.05) is 12.3 Å². The van der Waals surface area contributed by atoms with Crippen LogP contribution in [0.5, 0.6) is 0 Å². The van der Waals surface area contributed by atoms with Crippen LogP contribution in [-0.2, 0) is 13.3 Å². The van der Waals surface area contributed by atoms with E-state index in [1.165, 1.54) is 51.0 Å². The number of carbonyl (C=O) groups is 1. The molecule has 0 saturated heterocycles. The Hall–Kier alpha value is -1.63. The van der Waals surface area contributed by atoms with Gasteiger partial charge in [-0.25, -0.2) is 8.54 Å². The molecular formula is C24H38NO5PS. The SMILES string of the molecule is CCCCCCCCCC=CC=CC=CC=CC=CC=CC(=O)NCCSOP(=O)(O)O. The van der Waals surface area contributed by atoms with Crippen molar-refractivity contribution in [3.63, 3.8) is 0 Å². The Bertz CT molecular complexity index is 693. The standard InChI is InChI=1S/C24H38NO5PS/c1-2-3-4-5-6-7-8-9-10-11-12-13-14-15-16-17-18-19-20-21-24(26)25-22-23-32-30-31(27,28)29/h10-21H,2-9,22-23H2,1H3,(H,25,26)(H2,27,28,29). The van der Waals surface area contributed by atoms with E-state index in [0.717, 1.165) is 6.42 Å². The van der Waals surface area contributed by atoms with E-state index in [-0.39, 0.29) is 18.2 Å². The fraction of sp³-hybridized carbons (Fsp3) is 0.458. The minimum Gasteiger partial charge on any atom is -0.352 e. The van der Waals surface area contributed by atoms with Crippen LogP contribution in [-0.4, -0.2) is 28.0 Å². The molecule has 0 radical (unpaired) electrons. The molecule has 3 N–H and O–H groups in total. The molecule has 0 saturated carbocycles. The van der Waals surface area contributed by atoms with Crippen LogP contribution in [0.4, 0.5) is 0 Å². The predicted molar refractivity (Wildman–Crippen MR) is 136 cm³/mol. The minimum absolute atomic E-state index is 0.235. The Balaban J connectivity index is 3.72. The Kier molecular flexibility index (Phi) is 21.4. The topological polar surface area (TPSA) is 95.9 Å². The van der Waals surface area contributed by atoms with Crippen LogP contribution >= 0.6 is 19.9 Å². The summed E-state index contributed by atoms with van der Waals surface area (Å²) in [7, 11) is -4.47. The lowest BCUT2D eigenvalue weighted by Crippen LogP contribution is -2.23. The quantitative estimate of drug-likeness (QED) is 0.0652. The highest BCUT2D eigenvalue weighted by molar-refractivity contribution is 7.97. The molecule has 6 nitrogen and oxygen atoms in total. The summed E-state index contributed by atoms with van der Waals surface area (Å²) in [6, 6.07) is 0. The number of amides is 1. The maximum atomic E-state index is 11.5. The predicted octanol–water partition coefficient (Wildman–Crippen LogP) is 6.34. The molecule has 0 bridgehead atoms. The van der Waals surface area contributed by atoms with Gasteiger partial charge in [0.2, 0.25) is 5.91 Å². The van der Waals surface area contributed by atoms with Crippen LogP contribution in [0.2, 0.25) is 0 Å². The maximum absolute atomic E-state index is 11.5. The molecule has 8 heteroatoms. The number of carbonyl (C=O) groups excluding carboxylic acids is 1. The van der Waals surface area contributed by atoms with Gasteiger partial charge in [-0.15, -0.1) is 0 Å². The number of unbranched alkanes of at least 4 members (excludes halogenated alkanes) is 7. The molecule has 0 rings (SSSR count). The normalized spacial score (nSPS) is 13.2. The molecule has 0 aliphatic heterocycles. The fourth-order valence-corrected chi connectivity index (χ4v) is 3.46. The van der Waals surface area contributed by atoms with Crippen molar-refractivity contribution in [2.24, 2.45) is 0 Å². The highest BCUT2D eigenvalue weighted by Gasteiger charge is 2.13. The van der Waals surface area contributed by atoms with Crippen molar-refractivity contribution in [3.05, 3.63) is 72.9 Å². The molecule has 0 unspecified atom stereocenters. The Morgan fingerprint density at radius 1 is 0.844 bits per heavy atom. The monoisotopic (exact) mass is 483 g/mol. The Labute approximate surface area is 197 Å². The second-order valence-electron chi connectivity index (χ2n) is 6.91. The number of hydrogen-bond acceptors (Lipinski definition) is 4. The molecule has 0 fully saturated rings. The average molecular weight is 484 g/mol. The third-order valence-electron chi connectivity index (χ3n) is 3.99. The number of phosphoric acid groups is 1. The van der Waals surface area contributed by atoms with Crippen molar-refractivity contribution >= 4 is 25.8 Å². The zero-order chi connectivity index (χ0) is 23.8. The molecular weight excluding hydrogens is 445 g/mol. The second-order valence-corrected chi connectivity index (χ2v) is 9.14. The molecule has 1 amide bonds. The molecule has 180 valence electrons. The third kappa shape index (κ3) is 26.4. The number of rotatable bonds is 19. The van der Waals surface area contributed by atoms with Crippen molar-refractivity contribution in [2.45, 2.75) is 58.3 Å². The smallest absolute Gasteiger partial charge is 0.352 e. The summed E-state index contributed by atoms with van der Waals surface area (Å²) in [6.45, 7) is 2.49. The molecule has 0 aliphatic rings. The highest BCUT2D eigenvalue weighted by atomic mass is 32.2. The van der Waals surface area contributed by atoms with Crippen LogP contribution < -0.4 is 5.32 Å². The molecule has 32 heavy (non-hydrogen) atoms. The summed E-state index contributed by atoms with van der Waals surface area (Å²) in [4.78, 5) is 28.5. The lowest BCUT2D eigenvalue weighted by molar-refractivity contribution is -0.116. The van der Waals surface area contributed by atoms with Gasteiger partial charge in [-0.2, -0.15) is 0 Å². The van der Waals surface area contributed by atoms with Crippen LogP contribution in [0.3, 0.4) is 0 Å². The first-order chi connectivity index (χ1) is 15.5. The minimum atomic E-state index is -4.47. The molecule has 0 atom stereocenters. The van der Waals surface area contributed by atoms with E-state index >= 15 is 0 Å². The Morgan fingerprint density at radius 3 is 1.97 bits per heavy atom. The zero-order valence-electron chi connectivity index (χ0n) is 19.0. The van der Waals surface area contributed by atoms with Gasteiger partial charge in [0.15, 0.2) is 0 Å². The summed E-state index contributed by atoms with van der Waals surface area (Å²) in [5.74, 6) is -0.0561. The molecule has 0 aromatic heterocycles. The average Bonchev–Trinajstić information content (AvgIpc) is 2.74. The highest BCUT2D eigenvalue weighted by Crippen LogP contribution is 2.40. The summed E-state index contributed by atoms with van der Waals surface area (Å²) >= 11 is 0.614. The maximum Gasteiger partial charge on any atom is 0.480 e. The lowest BCUT2D eigenvalue weighted by Gasteiger charge is -2.03. The first-order valence-corrected chi connectivity index (χ1v) is 13.5. The molecule has 0 spiro atoms. The summed E-state index contributed by atoms with van der Waals surface area (Å²) in [6.07, 6.45) is 33.0.